The summed E-state index contributed by atoms with van der Waals surface area (Å²) in [5.74, 6) is 0.329. The van der Waals surface area contributed by atoms with Gasteiger partial charge in [-0.15, -0.1) is 11.3 Å². The quantitative estimate of drug-likeness (QED) is 0.659. The number of nitrogens with zero attached hydrogens (tertiary/aromatic N) is 1. The van der Waals surface area contributed by atoms with Crippen molar-refractivity contribution in [2.45, 2.75) is 55.6 Å². The van der Waals surface area contributed by atoms with Crippen LogP contribution in [0.5, 0.6) is 0 Å². The standard InChI is InChI=1S/C19H27ClN2O3S2/c20-17-6-7-19(26-17)27(24,25)22-12-9-16(10-13-22)14-18(23)21-11-8-15-4-2-1-3-5-15/h4,6-7,16H,1-3,5,8-14H2,(H,21,23). The molecule has 0 spiro atoms. The van der Waals surface area contributed by atoms with E-state index in [9.17, 15) is 13.2 Å². The summed E-state index contributed by atoms with van der Waals surface area (Å²) < 4.78 is 27.5. The number of thiophene rings is 1. The number of halogens is 1. The highest BCUT2D eigenvalue weighted by atomic mass is 35.5. The molecule has 27 heavy (non-hydrogen) atoms. The normalized spacial score (nSPS) is 19.7. The van der Waals surface area contributed by atoms with Gasteiger partial charge < -0.3 is 5.32 Å². The van der Waals surface area contributed by atoms with Crippen LogP contribution in [0.25, 0.3) is 0 Å². The van der Waals surface area contributed by atoms with Crippen molar-refractivity contribution < 1.29 is 13.2 Å². The van der Waals surface area contributed by atoms with Crippen molar-refractivity contribution >= 4 is 38.9 Å². The largest absolute Gasteiger partial charge is 0.356 e. The van der Waals surface area contributed by atoms with Gasteiger partial charge >= 0.3 is 0 Å². The number of carbonyl (C=O) groups excluding carboxylic acids is 1. The molecular weight excluding hydrogens is 404 g/mol. The van der Waals surface area contributed by atoms with Gasteiger partial charge in [0.1, 0.15) is 4.21 Å². The van der Waals surface area contributed by atoms with E-state index in [4.69, 9.17) is 11.6 Å². The molecule has 1 N–H and O–H groups in total. The molecule has 150 valence electrons. The second kappa shape index (κ2) is 9.54. The molecule has 0 bridgehead atoms. The Labute approximate surface area is 170 Å². The summed E-state index contributed by atoms with van der Waals surface area (Å²) in [6.07, 6.45) is 10.1. The molecule has 1 amide bonds. The molecule has 8 heteroatoms. The molecule has 2 aliphatic rings. The fourth-order valence-corrected chi connectivity index (χ4v) is 6.85. The summed E-state index contributed by atoms with van der Waals surface area (Å²) in [4.78, 5) is 12.2. The zero-order valence-electron chi connectivity index (χ0n) is 15.5. The van der Waals surface area contributed by atoms with Gasteiger partial charge in [-0.05, 0) is 63.0 Å². The van der Waals surface area contributed by atoms with Crippen LogP contribution in [0.3, 0.4) is 0 Å². The van der Waals surface area contributed by atoms with Gasteiger partial charge in [-0.1, -0.05) is 23.3 Å². The monoisotopic (exact) mass is 430 g/mol. The van der Waals surface area contributed by atoms with Crippen LogP contribution in [0.1, 0.15) is 51.4 Å². The van der Waals surface area contributed by atoms with Crippen molar-refractivity contribution in [3.8, 4) is 0 Å². The third kappa shape index (κ3) is 5.79. The molecule has 1 saturated heterocycles. The Kier molecular flexibility index (Phi) is 7.36. The summed E-state index contributed by atoms with van der Waals surface area (Å²) >= 11 is 6.95. The van der Waals surface area contributed by atoms with Gasteiger partial charge in [0, 0.05) is 26.1 Å². The van der Waals surface area contributed by atoms with E-state index >= 15 is 0 Å². The molecule has 1 fully saturated rings. The highest BCUT2D eigenvalue weighted by Crippen LogP contribution is 2.31. The predicted molar refractivity (Wildman–Crippen MR) is 110 cm³/mol. The van der Waals surface area contributed by atoms with E-state index < -0.39 is 10.0 Å². The Bertz CT molecular complexity index is 781. The number of hydrogen-bond donors (Lipinski definition) is 1. The maximum absolute atomic E-state index is 12.6. The minimum atomic E-state index is -3.46. The van der Waals surface area contributed by atoms with Crippen molar-refractivity contribution in [3.05, 3.63) is 28.1 Å². The number of allylic oxidation sites excluding steroid dienone is 1. The van der Waals surface area contributed by atoms with Gasteiger partial charge in [-0.25, -0.2) is 8.42 Å². The SMILES string of the molecule is O=C(CC1CCN(S(=O)(=O)c2ccc(Cl)s2)CC1)NCCC1=CCCCC1. The van der Waals surface area contributed by atoms with Gasteiger partial charge in [0.2, 0.25) is 5.91 Å². The van der Waals surface area contributed by atoms with E-state index in [0.29, 0.717) is 34.6 Å². The topological polar surface area (TPSA) is 66.5 Å². The van der Waals surface area contributed by atoms with Crippen molar-refractivity contribution in [2.24, 2.45) is 5.92 Å². The lowest BCUT2D eigenvalue weighted by Gasteiger charge is -2.30. The molecule has 0 unspecified atom stereocenters. The molecule has 1 aromatic heterocycles. The number of carbonyl (C=O) groups is 1. The summed E-state index contributed by atoms with van der Waals surface area (Å²) in [5, 5.41) is 3.02. The molecule has 0 saturated carbocycles. The summed E-state index contributed by atoms with van der Waals surface area (Å²) in [6.45, 7) is 1.63. The Hall–Kier alpha value is -0.890. The molecular formula is C19H27ClN2O3S2. The lowest BCUT2D eigenvalue weighted by Crippen LogP contribution is -2.39. The van der Waals surface area contributed by atoms with Crippen LogP contribution >= 0.6 is 22.9 Å². The first-order valence-electron chi connectivity index (χ1n) is 9.65. The van der Waals surface area contributed by atoms with E-state index in [1.165, 1.54) is 29.1 Å². The number of sulfonamides is 1. The van der Waals surface area contributed by atoms with Crippen molar-refractivity contribution in [1.82, 2.24) is 9.62 Å². The molecule has 2 heterocycles. The zero-order valence-corrected chi connectivity index (χ0v) is 17.8. The average molecular weight is 431 g/mol. The van der Waals surface area contributed by atoms with Crippen LogP contribution in [-0.2, 0) is 14.8 Å². The third-order valence-electron chi connectivity index (χ3n) is 5.34. The first kappa shape index (κ1) is 20.8. The van der Waals surface area contributed by atoms with Crippen molar-refractivity contribution in [2.75, 3.05) is 19.6 Å². The third-order valence-corrected chi connectivity index (χ3v) is 8.94. The zero-order chi connectivity index (χ0) is 19.3. The number of hydrogen-bond acceptors (Lipinski definition) is 4. The summed E-state index contributed by atoms with van der Waals surface area (Å²) in [7, 11) is -3.46. The Morgan fingerprint density at radius 1 is 1.26 bits per heavy atom. The van der Waals surface area contributed by atoms with Gasteiger partial charge in [0.25, 0.3) is 10.0 Å². The van der Waals surface area contributed by atoms with E-state index in [2.05, 4.69) is 11.4 Å². The Morgan fingerprint density at radius 3 is 2.67 bits per heavy atom. The van der Waals surface area contributed by atoms with E-state index in [-0.39, 0.29) is 11.8 Å². The number of nitrogens with one attached hydrogen (secondary N) is 1. The van der Waals surface area contributed by atoms with Crippen LogP contribution in [0.4, 0.5) is 0 Å². The lowest BCUT2D eigenvalue weighted by atomic mass is 9.94. The predicted octanol–water partition coefficient (Wildman–Crippen LogP) is 4.20. The van der Waals surface area contributed by atoms with Gasteiger partial charge in [0.05, 0.1) is 4.34 Å². The molecule has 0 radical (unpaired) electrons. The smallest absolute Gasteiger partial charge is 0.252 e. The highest BCUT2D eigenvalue weighted by Gasteiger charge is 2.31. The molecule has 1 aliphatic carbocycles. The van der Waals surface area contributed by atoms with Gasteiger partial charge in [-0.2, -0.15) is 4.31 Å². The molecule has 0 aromatic carbocycles. The molecule has 1 aromatic rings. The summed E-state index contributed by atoms with van der Waals surface area (Å²) in [6, 6.07) is 3.17. The minimum Gasteiger partial charge on any atom is -0.356 e. The first-order valence-corrected chi connectivity index (χ1v) is 12.3. The van der Waals surface area contributed by atoms with E-state index in [1.807, 2.05) is 0 Å². The van der Waals surface area contributed by atoms with Crippen LogP contribution in [-0.4, -0.2) is 38.3 Å². The second-order valence-corrected chi connectivity index (χ2v) is 11.2. The number of piperidine rings is 1. The van der Waals surface area contributed by atoms with Crippen LogP contribution in [0.15, 0.2) is 28.0 Å². The van der Waals surface area contributed by atoms with Crippen LogP contribution in [0.2, 0.25) is 4.34 Å². The Morgan fingerprint density at radius 2 is 2.04 bits per heavy atom. The summed E-state index contributed by atoms with van der Waals surface area (Å²) in [5.41, 5.74) is 1.47. The fraction of sp³-hybridized carbons (Fsp3) is 0.632. The lowest BCUT2D eigenvalue weighted by molar-refractivity contribution is -0.122. The minimum absolute atomic E-state index is 0.0813. The van der Waals surface area contributed by atoms with Crippen molar-refractivity contribution in [3.63, 3.8) is 0 Å². The molecule has 3 rings (SSSR count). The average Bonchev–Trinajstić information content (AvgIpc) is 3.10. The van der Waals surface area contributed by atoms with Gasteiger partial charge in [-0.3, -0.25) is 4.79 Å². The van der Waals surface area contributed by atoms with Crippen LogP contribution in [0, 0.1) is 5.92 Å². The van der Waals surface area contributed by atoms with Crippen LogP contribution < -0.4 is 5.32 Å². The van der Waals surface area contributed by atoms with E-state index in [0.717, 1.165) is 37.0 Å². The van der Waals surface area contributed by atoms with Crippen molar-refractivity contribution in [1.29, 1.82) is 0 Å². The molecule has 0 atom stereocenters. The second-order valence-electron chi connectivity index (χ2n) is 7.32. The number of amides is 1. The fourth-order valence-electron chi connectivity index (χ4n) is 3.75. The van der Waals surface area contributed by atoms with Gasteiger partial charge in [0.15, 0.2) is 0 Å². The molecule has 5 nitrogen and oxygen atoms in total. The maximum atomic E-state index is 12.6. The molecule has 1 aliphatic heterocycles. The number of rotatable bonds is 7. The highest BCUT2D eigenvalue weighted by molar-refractivity contribution is 7.91. The van der Waals surface area contributed by atoms with E-state index in [1.54, 1.807) is 12.1 Å². The Balaban J connectivity index is 1.40. The maximum Gasteiger partial charge on any atom is 0.252 e. The first-order chi connectivity index (χ1) is 12.9.